The molecule has 1 aromatic carbocycles. The first-order valence-electron chi connectivity index (χ1n) is 6.79. The SMILES string of the molecule is CCNCCC(=O)N(CCOC)Cc1ccccc1. The Morgan fingerprint density at radius 2 is 2.05 bits per heavy atom. The number of hydrogen-bond acceptors (Lipinski definition) is 3. The first-order valence-corrected chi connectivity index (χ1v) is 6.79. The third-order valence-corrected chi connectivity index (χ3v) is 2.90. The van der Waals surface area contributed by atoms with Gasteiger partial charge in [0, 0.05) is 33.2 Å². The lowest BCUT2D eigenvalue weighted by Gasteiger charge is -2.22. The highest BCUT2D eigenvalue weighted by molar-refractivity contribution is 5.76. The van der Waals surface area contributed by atoms with Crippen LogP contribution in [0, 0.1) is 0 Å². The Balaban J connectivity index is 2.53. The standard InChI is InChI=1S/C15H24N2O2/c1-3-16-10-9-15(18)17(11-12-19-2)13-14-7-5-4-6-8-14/h4-8,16H,3,9-13H2,1-2H3. The number of methoxy groups -OCH3 is 1. The topological polar surface area (TPSA) is 41.6 Å². The summed E-state index contributed by atoms with van der Waals surface area (Å²) in [5.41, 5.74) is 1.15. The van der Waals surface area contributed by atoms with E-state index < -0.39 is 0 Å². The maximum absolute atomic E-state index is 12.2. The Hall–Kier alpha value is -1.39. The van der Waals surface area contributed by atoms with Gasteiger partial charge in [0.25, 0.3) is 0 Å². The van der Waals surface area contributed by atoms with E-state index >= 15 is 0 Å². The molecule has 0 saturated heterocycles. The first-order chi connectivity index (χ1) is 9.27. The van der Waals surface area contributed by atoms with Crippen LogP contribution in [0.2, 0.25) is 0 Å². The van der Waals surface area contributed by atoms with Gasteiger partial charge in [-0.25, -0.2) is 0 Å². The van der Waals surface area contributed by atoms with Gasteiger partial charge in [0.1, 0.15) is 0 Å². The molecular weight excluding hydrogens is 240 g/mol. The molecule has 1 amide bonds. The van der Waals surface area contributed by atoms with E-state index in [9.17, 15) is 4.79 Å². The highest BCUT2D eigenvalue weighted by Crippen LogP contribution is 2.06. The molecule has 19 heavy (non-hydrogen) atoms. The molecule has 0 heterocycles. The van der Waals surface area contributed by atoms with Gasteiger partial charge in [-0.1, -0.05) is 37.3 Å². The molecule has 106 valence electrons. The minimum absolute atomic E-state index is 0.168. The van der Waals surface area contributed by atoms with Crippen molar-refractivity contribution in [2.75, 3.05) is 33.4 Å². The molecule has 4 heteroatoms. The van der Waals surface area contributed by atoms with Gasteiger partial charge in [-0.3, -0.25) is 4.79 Å². The normalized spacial score (nSPS) is 10.4. The zero-order valence-electron chi connectivity index (χ0n) is 11.9. The fourth-order valence-electron chi connectivity index (χ4n) is 1.83. The van der Waals surface area contributed by atoms with Gasteiger partial charge >= 0.3 is 0 Å². The highest BCUT2D eigenvalue weighted by Gasteiger charge is 2.13. The van der Waals surface area contributed by atoms with Crippen LogP contribution in [0.1, 0.15) is 18.9 Å². The van der Waals surface area contributed by atoms with Crippen molar-refractivity contribution in [1.82, 2.24) is 10.2 Å². The van der Waals surface area contributed by atoms with Crippen LogP contribution in [0.25, 0.3) is 0 Å². The number of ether oxygens (including phenoxy) is 1. The Bertz CT molecular complexity index is 354. The largest absolute Gasteiger partial charge is 0.383 e. The van der Waals surface area contributed by atoms with E-state index in [-0.39, 0.29) is 5.91 Å². The molecule has 0 aromatic heterocycles. The molecule has 0 radical (unpaired) electrons. The summed E-state index contributed by atoms with van der Waals surface area (Å²) >= 11 is 0. The molecule has 0 aliphatic rings. The second kappa shape index (κ2) is 9.53. The lowest BCUT2D eigenvalue weighted by molar-refractivity contribution is -0.132. The third-order valence-electron chi connectivity index (χ3n) is 2.90. The van der Waals surface area contributed by atoms with Crippen molar-refractivity contribution >= 4 is 5.91 Å². The van der Waals surface area contributed by atoms with Crippen LogP contribution >= 0.6 is 0 Å². The van der Waals surface area contributed by atoms with Crippen molar-refractivity contribution < 1.29 is 9.53 Å². The molecule has 0 spiro atoms. The van der Waals surface area contributed by atoms with Crippen molar-refractivity contribution in [2.45, 2.75) is 19.9 Å². The molecule has 4 nitrogen and oxygen atoms in total. The molecule has 0 aliphatic carbocycles. The van der Waals surface area contributed by atoms with E-state index in [4.69, 9.17) is 4.74 Å². The van der Waals surface area contributed by atoms with Gasteiger partial charge in [-0.05, 0) is 12.1 Å². The Morgan fingerprint density at radius 1 is 1.32 bits per heavy atom. The summed E-state index contributed by atoms with van der Waals surface area (Å²) in [5, 5.41) is 3.18. The Labute approximate surface area is 115 Å². The molecular formula is C15H24N2O2. The fourth-order valence-corrected chi connectivity index (χ4v) is 1.83. The Morgan fingerprint density at radius 3 is 2.68 bits per heavy atom. The average molecular weight is 264 g/mol. The van der Waals surface area contributed by atoms with Crippen LogP contribution in [0.5, 0.6) is 0 Å². The van der Waals surface area contributed by atoms with Gasteiger partial charge < -0.3 is 15.0 Å². The summed E-state index contributed by atoms with van der Waals surface area (Å²) in [6, 6.07) is 10.0. The van der Waals surface area contributed by atoms with Gasteiger partial charge in [0.2, 0.25) is 5.91 Å². The van der Waals surface area contributed by atoms with Gasteiger partial charge in [-0.15, -0.1) is 0 Å². The molecule has 1 aromatic rings. The van der Waals surface area contributed by atoms with Gasteiger partial charge in [-0.2, -0.15) is 0 Å². The van der Waals surface area contributed by atoms with Crippen LogP contribution < -0.4 is 5.32 Å². The number of nitrogens with zero attached hydrogens (tertiary/aromatic N) is 1. The predicted molar refractivity (Wildman–Crippen MR) is 76.9 cm³/mol. The molecule has 0 fully saturated rings. The number of hydrogen-bond donors (Lipinski definition) is 1. The number of amides is 1. The maximum atomic E-state index is 12.2. The molecule has 0 bridgehead atoms. The van der Waals surface area contributed by atoms with Crippen LogP contribution in [0.4, 0.5) is 0 Å². The third kappa shape index (κ3) is 6.36. The summed E-state index contributed by atoms with van der Waals surface area (Å²) in [5.74, 6) is 0.168. The van der Waals surface area contributed by atoms with Gasteiger partial charge in [0.05, 0.1) is 6.61 Å². The summed E-state index contributed by atoms with van der Waals surface area (Å²) in [6.45, 7) is 5.51. The number of benzene rings is 1. The number of carbonyl (C=O) groups is 1. The van der Waals surface area contributed by atoms with E-state index in [2.05, 4.69) is 5.32 Å². The van der Waals surface area contributed by atoms with E-state index in [0.29, 0.717) is 26.1 Å². The van der Waals surface area contributed by atoms with E-state index in [1.807, 2.05) is 42.2 Å². The second-order valence-electron chi connectivity index (χ2n) is 4.40. The predicted octanol–water partition coefficient (Wildman–Crippen LogP) is 1.66. The zero-order valence-corrected chi connectivity index (χ0v) is 11.9. The zero-order chi connectivity index (χ0) is 13.9. The summed E-state index contributed by atoms with van der Waals surface area (Å²) in [4.78, 5) is 14.0. The van der Waals surface area contributed by atoms with E-state index in [1.165, 1.54) is 0 Å². The minimum atomic E-state index is 0.168. The summed E-state index contributed by atoms with van der Waals surface area (Å²) in [6.07, 6.45) is 0.532. The van der Waals surface area contributed by atoms with Crippen LogP contribution in [-0.2, 0) is 16.1 Å². The average Bonchev–Trinajstić information content (AvgIpc) is 2.44. The van der Waals surface area contributed by atoms with E-state index in [1.54, 1.807) is 7.11 Å². The highest BCUT2D eigenvalue weighted by atomic mass is 16.5. The van der Waals surface area contributed by atoms with Crippen LogP contribution in [-0.4, -0.2) is 44.2 Å². The Kier molecular flexibility index (Phi) is 7.86. The van der Waals surface area contributed by atoms with Crippen molar-refractivity contribution in [3.8, 4) is 0 Å². The molecule has 0 saturated carbocycles. The minimum Gasteiger partial charge on any atom is -0.383 e. The second-order valence-corrected chi connectivity index (χ2v) is 4.40. The summed E-state index contributed by atoms with van der Waals surface area (Å²) < 4.78 is 5.08. The quantitative estimate of drug-likeness (QED) is 0.690. The summed E-state index contributed by atoms with van der Waals surface area (Å²) in [7, 11) is 1.66. The molecule has 0 unspecified atom stereocenters. The van der Waals surface area contributed by atoms with Crippen molar-refractivity contribution in [2.24, 2.45) is 0 Å². The van der Waals surface area contributed by atoms with Crippen molar-refractivity contribution in [3.63, 3.8) is 0 Å². The smallest absolute Gasteiger partial charge is 0.224 e. The number of rotatable bonds is 9. The molecule has 1 rings (SSSR count). The first kappa shape index (κ1) is 15.7. The van der Waals surface area contributed by atoms with Crippen molar-refractivity contribution in [1.29, 1.82) is 0 Å². The van der Waals surface area contributed by atoms with Crippen LogP contribution in [0.15, 0.2) is 30.3 Å². The lowest BCUT2D eigenvalue weighted by Crippen LogP contribution is -2.35. The molecule has 0 aliphatic heterocycles. The number of carbonyl (C=O) groups excluding carboxylic acids is 1. The lowest BCUT2D eigenvalue weighted by atomic mass is 10.2. The van der Waals surface area contributed by atoms with Crippen molar-refractivity contribution in [3.05, 3.63) is 35.9 Å². The monoisotopic (exact) mass is 264 g/mol. The molecule has 1 N–H and O–H groups in total. The number of nitrogens with one attached hydrogen (secondary N) is 1. The molecule has 0 atom stereocenters. The fraction of sp³-hybridized carbons (Fsp3) is 0.533. The van der Waals surface area contributed by atoms with Crippen LogP contribution in [0.3, 0.4) is 0 Å². The van der Waals surface area contributed by atoms with E-state index in [0.717, 1.165) is 18.7 Å². The van der Waals surface area contributed by atoms with Gasteiger partial charge in [0.15, 0.2) is 0 Å². The maximum Gasteiger partial charge on any atom is 0.224 e.